The quantitative estimate of drug-likeness (QED) is 0.752. The highest BCUT2D eigenvalue weighted by atomic mass is 16.4. The number of carbonyl (C=O) groups is 2. The molecule has 6 heteroatoms. The van der Waals surface area contributed by atoms with E-state index in [-0.39, 0.29) is 0 Å². The number of hydrogen-bond donors (Lipinski definition) is 3. The van der Waals surface area contributed by atoms with Crippen molar-refractivity contribution >= 4 is 29.5 Å². The molecule has 0 spiro atoms. The molecule has 0 unspecified atom stereocenters. The van der Waals surface area contributed by atoms with E-state index in [9.17, 15) is 9.59 Å². The van der Waals surface area contributed by atoms with Crippen LogP contribution in [0, 0.1) is 0 Å². The Bertz CT molecular complexity index is 669. The summed E-state index contributed by atoms with van der Waals surface area (Å²) >= 11 is 0. The highest BCUT2D eigenvalue weighted by Crippen LogP contribution is 2.13. The van der Waals surface area contributed by atoms with E-state index in [0.717, 1.165) is 6.08 Å². The van der Waals surface area contributed by atoms with E-state index in [2.05, 4.69) is 15.6 Å². The van der Waals surface area contributed by atoms with Gasteiger partial charge in [0.2, 0.25) is 0 Å². The van der Waals surface area contributed by atoms with E-state index < -0.39 is 12.0 Å². The number of nitrogens with zero attached hydrogens (tertiary/aromatic N) is 1. The molecule has 0 saturated heterocycles. The van der Waals surface area contributed by atoms with Crippen LogP contribution in [0.2, 0.25) is 0 Å². The van der Waals surface area contributed by atoms with Crippen LogP contribution in [0.3, 0.4) is 0 Å². The molecule has 1 heterocycles. The Kier molecular flexibility index (Phi) is 4.66. The number of aromatic nitrogens is 1. The molecule has 0 atom stereocenters. The highest BCUT2D eigenvalue weighted by Gasteiger charge is 2.02. The lowest BCUT2D eigenvalue weighted by atomic mass is 10.2. The highest BCUT2D eigenvalue weighted by molar-refractivity contribution is 5.99. The Labute approximate surface area is 121 Å². The Balaban J connectivity index is 2.01. The van der Waals surface area contributed by atoms with Crippen molar-refractivity contribution in [1.82, 2.24) is 4.98 Å². The van der Waals surface area contributed by atoms with Crippen LogP contribution in [0.15, 0.2) is 54.9 Å². The van der Waals surface area contributed by atoms with Gasteiger partial charge in [0.05, 0.1) is 11.9 Å². The fourth-order valence-corrected chi connectivity index (χ4v) is 1.62. The van der Waals surface area contributed by atoms with Crippen LogP contribution < -0.4 is 10.6 Å². The predicted octanol–water partition coefficient (Wildman–Crippen LogP) is 2.82. The summed E-state index contributed by atoms with van der Waals surface area (Å²) in [5.74, 6) is -1.03. The first-order valence-electron chi connectivity index (χ1n) is 6.12. The minimum absolute atomic E-state index is 0.401. The number of aliphatic carboxylic acids is 1. The normalized spacial score (nSPS) is 10.3. The molecule has 3 N–H and O–H groups in total. The molecular weight excluding hydrogens is 270 g/mol. The van der Waals surface area contributed by atoms with Crippen molar-refractivity contribution in [2.45, 2.75) is 0 Å². The second-order valence-corrected chi connectivity index (χ2v) is 4.12. The Morgan fingerprint density at radius 3 is 2.57 bits per heavy atom. The molecule has 0 aliphatic carbocycles. The van der Waals surface area contributed by atoms with Gasteiger partial charge in [-0.15, -0.1) is 0 Å². The van der Waals surface area contributed by atoms with Gasteiger partial charge < -0.3 is 15.7 Å². The predicted molar refractivity (Wildman–Crippen MR) is 80.0 cm³/mol. The molecule has 0 aliphatic rings. The molecule has 0 bridgehead atoms. The number of carboxylic acids is 1. The first-order chi connectivity index (χ1) is 10.1. The molecule has 106 valence electrons. The molecule has 6 nitrogen and oxygen atoms in total. The fraction of sp³-hybridized carbons (Fsp3) is 0. The van der Waals surface area contributed by atoms with Gasteiger partial charge in [0.15, 0.2) is 0 Å². The molecule has 0 radical (unpaired) electrons. The van der Waals surface area contributed by atoms with Crippen LogP contribution in [-0.4, -0.2) is 22.1 Å². The molecular formula is C15H13N3O3. The number of nitrogens with one attached hydrogen (secondary N) is 2. The maximum absolute atomic E-state index is 11.8. The summed E-state index contributed by atoms with van der Waals surface area (Å²) in [7, 11) is 0. The van der Waals surface area contributed by atoms with E-state index in [1.807, 2.05) is 0 Å². The van der Waals surface area contributed by atoms with Gasteiger partial charge in [0.1, 0.15) is 0 Å². The molecule has 0 aliphatic heterocycles. The summed E-state index contributed by atoms with van der Waals surface area (Å²) in [5, 5.41) is 13.9. The van der Waals surface area contributed by atoms with Crippen molar-refractivity contribution in [1.29, 1.82) is 0 Å². The first kappa shape index (κ1) is 14.3. The smallest absolute Gasteiger partial charge is 0.328 e. The second-order valence-electron chi connectivity index (χ2n) is 4.12. The number of carboxylic acid groups (broad SMARTS) is 1. The number of amides is 2. The molecule has 0 saturated carbocycles. The lowest BCUT2D eigenvalue weighted by Crippen LogP contribution is -2.19. The lowest BCUT2D eigenvalue weighted by molar-refractivity contribution is -0.131. The van der Waals surface area contributed by atoms with Crippen molar-refractivity contribution in [2.24, 2.45) is 0 Å². The third-order valence-electron chi connectivity index (χ3n) is 2.48. The first-order valence-corrected chi connectivity index (χ1v) is 6.12. The summed E-state index contributed by atoms with van der Waals surface area (Å²) in [5.41, 5.74) is 1.82. The van der Waals surface area contributed by atoms with Crippen molar-refractivity contribution in [3.05, 3.63) is 60.4 Å². The Hall–Kier alpha value is -3.15. The fourth-order valence-electron chi connectivity index (χ4n) is 1.62. The summed E-state index contributed by atoms with van der Waals surface area (Å²) in [6.07, 6.45) is 5.63. The number of benzene rings is 1. The van der Waals surface area contributed by atoms with E-state index in [4.69, 9.17) is 5.11 Å². The number of anilines is 2. The summed E-state index contributed by atoms with van der Waals surface area (Å²) in [6, 6.07) is 9.88. The van der Waals surface area contributed by atoms with Gasteiger partial charge in [-0.3, -0.25) is 4.98 Å². The van der Waals surface area contributed by atoms with Gasteiger partial charge in [0.25, 0.3) is 0 Å². The van der Waals surface area contributed by atoms with Crippen LogP contribution in [0.5, 0.6) is 0 Å². The molecule has 2 aromatic rings. The third-order valence-corrected chi connectivity index (χ3v) is 2.48. The topological polar surface area (TPSA) is 91.3 Å². The molecule has 1 aromatic heterocycles. The number of carbonyl (C=O) groups excluding carboxylic acids is 1. The van der Waals surface area contributed by atoms with Crippen LogP contribution in [0.25, 0.3) is 6.08 Å². The maximum Gasteiger partial charge on any atom is 0.328 e. The van der Waals surface area contributed by atoms with Crippen molar-refractivity contribution in [3.8, 4) is 0 Å². The third kappa shape index (κ3) is 4.79. The largest absolute Gasteiger partial charge is 0.478 e. The lowest BCUT2D eigenvalue weighted by Gasteiger charge is -2.07. The van der Waals surface area contributed by atoms with Crippen LogP contribution in [-0.2, 0) is 4.79 Å². The minimum atomic E-state index is -1.03. The zero-order valence-corrected chi connectivity index (χ0v) is 11.0. The van der Waals surface area contributed by atoms with E-state index in [1.54, 1.807) is 42.6 Å². The standard InChI is InChI=1S/C15H13N3O3/c19-14(20)7-6-11-3-1-4-12(9-11)17-15(21)18-13-5-2-8-16-10-13/h1-10H,(H,19,20)(H2,17,18,21)/b7-6+. The Morgan fingerprint density at radius 2 is 1.86 bits per heavy atom. The van der Waals surface area contributed by atoms with Gasteiger partial charge in [-0.2, -0.15) is 0 Å². The van der Waals surface area contributed by atoms with E-state index in [0.29, 0.717) is 16.9 Å². The SMILES string of the molecule is O=C(O)/C=C/c1cccc(NC(=O)Nc2cccnc2)c1. The molecule has 2 amide bonds. The minimum Gasteiger partial charge on any atom is -0.478 e. The zero-order chi connectivity index (χ0) is 15.1. The zero-order valence-electron chi connectivity index (χ0n) is 11.0. The monoisotopic (exact) mass is 283 g/mol. The summed E-state index contributed by atoms with van der Waals surface area (Å²) in [6.45, 7) is 0. The van der Waals surface area contributed by atoms with Crippen molar-refractivity contribution in [3.63, 3.8) is 0 Å². The molecule has 1 aromatic carbocycles. The Morgan fingerprint density at radius 1 is 1.10 bits per heavy atom. The summed E-state index contributed by atoms with van der Waals surface area (Å²) < 4.78 is 0. The van der Waals surface area contributed by atoms with Crippen molar-refractivity contribution < 1.29 is 14.7 Å². The molecule has 2 rings (SSSR count). The van der Waals surface area contributed by atoms with Crippen molar-refractivity contribution in [2.75, 3.05) is 10.6 Å². The number of urea groups is 1. The van der Waals surface area contributed by atoms with Gasteiger partial charge in [0, 0.05) is 18.0 Å². The van der Waals surface area contributed by atoms with Gasteiger partial charge in [-0.1, -0.05) is 12.1 Å². The van der Waals surface area contributed by atoms with Crippen LogP contribution >= 0.6 is 0 Å². The van der Waals surface area contributed by atoms with E-state index in [1.165, 1.54) is 12.3 Å². The van der Waals surface area contributed by atoms with Gasteiger partial charge >= 0.3 is 12.0 Å². The maximum atomic E-state index is 11.8. The van der Waals surface area contributed by atoms with Crippen LogP contribution in [0.1, 0.15) is 5.56 Å². The van der Waals surface area contributed by atoms with Gasteiger partial charge in [-0.05, 0) is 35.9 Å². The van der Waals surface area contributed by atoms with Crippen LogP contribution in [0.4, 0.5) is 16.2 Å². The van der Waals surface area contributed by atoms with E-state index >= 15 is 0 Å². The average Bonchev–Trinajstić information content (AvgIpc) is 2.46. The molecule has 21 heavy (non-hydrogen) atoms. The second kappa shape index (κ2) is 6.85. The summed E-state index contributed by atoms with van der Waals surface area (Å²) in [4.78, 5) is 26.2. The molecule has 0 fully saturated rings. The average molecular weight is 283 g/mol. The van der Waals surface area contributed by atoms with Gasteiger partial charge in [-0.25, -0.2) is 9.59 Å². The number of rotatable bonds is 4. The number of pyridine rings is 1. The number of hydrogen-bond acceptors (Lipinski definition) is 3.